The van der Waals surface area contributed by atoms with Crippen molar-refractivity contribution in [2.45, 2.75) is 13.0 Å². The van der Waals surface area contributed by atoms with Crippen LogP contribution in [-0.2, 0) is 0 Å². The highest BCUT2D eigenvalue weighted by molar-refractivity contribution is 9.10. The second-order valence-electron chi connectivity index (χ2n) is 4.42. The molecule has 20 heavy (non-hydrogen) atoms. The Kier molecular flexibility index (Phi) is 5.19. The van der Waals surface area contributed by atoms with Crippen molar-refractivity contribution >= 4 is 44.8 Å². The Bertz CT molecular complexity index is 619. The minimum absolute atomic E-state index is 0.101. The molecule has 1 N–H and O–H groups in total. The van der Waals surface area contributed by atoms with Gasteiger partial charge < -0.3 is 10.1 Å². The second-order valence-corrected chi connectivity index (χ2v) is 6.15. The Hall–Kier alpha value is -0.900. The minimum Gasteiger partial charge on any atom is -0.497 e. The summed E-state index contributed by atoms with van der Waals surface area (Å²) in [5.41, 5.74) is 2.04. The first-order valence-corrected chi connectivity index (χ1v) is 7.60. The summed E-state index contributed by atoms with van der Waals surface area (Å²) >= 11 is 15.4. The molecule has 2 nitrogen and oxygen atoms in total. The summed E-state index contributed by atoms with van der Waals surface area (Å²) in [6.45, 7) is 2.06. The van der Waals surface area contributed by atoms with Gasteiger partial charge in [-0.15, -0.1) is 0 Å². The molecule has 0 heterocycles. The fourth-order valence-corrected chi connectivity index (χ4v) is 2.66. The number of ether oxygens (including phenoxy) is 1. The molecular weight excluding hydrogens is 361 g/mol. The van der Waals surface area contributed by atoms with Crippen LogP contribution >= 0.6 is 39.1 Å². The summed E-state index contributed by atoms with van der Waals surface area (Å²) < 4.78 is 6.21. The summed E-state index contributed by atoms with van der Waals surface area (Å²) in [5.74, 6) is 0.795. The molecule has 5 heteroatoms. The molecule has 2 rings (SSSR count). The third kappa shape index (κ3) is 3.81. The predicted molar refractivity (Wildman–Crippen MR) is 89.2 cm³/mol. The maximum atomic E-state index is 6.05. The van der Waals surface area contributed by atoms with E-state index in [0.717, 1.165) is 21.5 Å². The van der Waals surface area contributed by atoms with E-state index < -0.39 is 0 Å². The van der Waals surface area contributed by atoms with Crippen molar-refractivity contribution in [3.63, 3.8) is 0 Å². The largest absolute Gasteiger partial charge is 0.497 e. The highest BCUT2D eigenvalue weighted by Crippen LogP contribution is 2.30. The van der Waals surface area contributed by atoms with Crippen molar-refractivity contribution in [1.29, 1.82) is 0 Å². The van der Waals surface area contributed by atoms with Crippen molar-refractivity contribution in [3.05, 3.63) is 56.5 Å². The first-order valence-electron chi connectivity index (χ1n) is 6.05. The minimum atomic E-state index is 0.101. The van der Waals surface area contributed by atoms with Gasteiger partial charge in [0.05, 0.1) is 17.2 Å². The molecule has 0 amide bonds. The maximum Gasteiger partial charge on any atom is 0.122 e. The van der Waals surface area contributed by atoms with Crippen LogP contribution in [0.4, 0.5) is 5.69 Å². The van der Waals surface area contributed by atoms with Crippen LogP contribution in [0.15, 0.2) is 40.9 Å². The Balaban J connectivity index is 2.20. The number of hydrogen-bond donors (Lipinski definition) is 1. The molecular formula is C15H14BrCl2NO. The summed E-state index contributed by atoms with van der Waals surface area (Å²) in [5, 5.41) is 4.53. The summed E-state index contributed by atoms with van der Waals surface area (Å²) in [7, 11) is 1.65. The quantitative estimate of drug-likeness (QED) is 0.715. The molecule has 1 unspecified atom stereocenters. The SMILES string of the molecule is COc1cc(Br)cc(NC(C)c2ccc(Cl)c(Cl)c2)c1. The van der Waals surface area contributed by atoms with Crippen molar-refractivity contribution in [2.24, 2.45) is 0 Å². The lowest BCUT2D eigenvalue weighted by Gasteiger charge is -2.17. The van der Waals surface area contributed by atoms with E-state index >= 15 is 0 Å². The van der Waals surface area contributed by atoms with Gasteiger partial charge >= 0.3 is 0 Å². The highest BCUT2D eigenvalue weighted by Gasteiger charge is 2.09. The van der Waals surface area contributed by atoms with Crippen LogP contribution in [0, 0.1) is 0 Å². The number of benzene rings is 2. The van der Waals surface area contributed by atoms with Crippen molar-refractivity contribution < 1.29 is 4.74 Å². The van der Waals surface area contributed by atoms with Crippen LogP contribution in [0.25, 0.3) is 0 Å². The third-order valence-corrected chi connectivity index (χ3v) is 4.13. The Morgan fingerprint density at radius 2 is 1.85 bits per heavy atom. The normalized spacial score (nSPS) is 12.1. The van der Waals surface area contributed by atoms with Crippen LogP contribution < -0.4 is 10.1 Å². The maximum absolute atomic E-state index is 6.05. The lowest BCUT2D eigenvalue weighted by molar-refractivity contribution is 0.414. The average molecular weight is 375 g/mol. The molecule has 0 aliphatic carbocycles. The molecule has 2 aromatic carbocycles. The predicted octanol–water partition coefficient (Wildman–Crippen LogP) is 5.94. The standard InChI is InChI=1S/C15H14BrCl2NO/c1-9(10-3-4-14(17)15(18)5-10)19-12-6-11(16)7-13(8-12)20-2/h3-9,19H,1-2H3. The molecule has 0 saturated heterocycles. The van der Waals surface area contributed by atoms with E-state index in [1.807, 2.05) is 30.3 Å². The Labute approximate surface area is 137 Å². The smallest absolute Gasteiger partial charge is 0.122 e. The van der Waals surface area contributed by atoms with Crippen LogP contribution in [0.3, 0.4) is 0 Å². The van der Waals surface area contributed by atoms with E-state index in [1.165, 1.54) is 0 Å². The van der Waals surface area contributed by atoms with Gasteiger partial charge in [-0.1, -0.05) is 45.2 Å². The first kappa shape index (κ1) is 15.5. The molecule has 0 bridgehead atoms. The van der Waals surface area contributed by atoms with Gasteiger partial charge in [0, 0.05) is 22.3 Å². The van der Waals surface area contributed by atoms with Gasteiger partial charge in [0.15, 0.2) is 0 Å². The second kappa shape index (κ2) is 6.70. The van der Waals surface area contributed by atoms with Gasteiger partial charge in [-0.2, -0.15) is 0 Å². The lowest BCUT2D eigenvalue weighted by Crippen LogP contribution is -2.06. The molecule has 0 aromatic heterocycles. The van der Waals surface area contributed by atoms with Gasteiger partial charge in [0.1, 0.15) is 5.75 Å². The molecule has 0 aliphatic rings. The molecule has 2 aromatic rings. The van der Waals surface area contributed by atoms with Crippen LogP contribution in [0.1, 0.15) is 18.5 Å². The van der Waals surface area contributed by atoms with Gasteiger partial charge in [-0.3, -0.25) is 0 Å². The number of anilines is 1. The van der Waals surface area contributed by atoms with E-state index in [0.29, 0.717) is 10.0 Å². The van der Waals surface area contributed by atoms with Crippen LogP contribution in [0.5, 0.6) is 5.75 Å². The average Bonchev–Trinajstić information content (AvgIpc) is 2.41. The lowest BCUT2D eigenvalue weighted by atomic mass is 10.1. The van der Waals surface area contributed by atoms with Crippen LogP contribution in [-0.4, -0.2) is 7.11 Å². The third-order valence-electron chi connectivity index (χ3n) is 2.93. The Morgan fingerprint density at radius 3 is 2.50 bits per heavy atom. The van der Waals surface area contributed by atoms with Crippen molar-refractivity contribution in [1.82, 2.24) is 0 Å². The fraction of sp³-hybridized carbons (Fsp3) is 0.200. The van der Waals surface area contributed by atoms with Gasteiger partial charge in [0.2, 0.25) is 0 Å². The summed E-state index contributed by atoms with van der Waals surface area (Å²) in [6, 6.07) is 11.6. The number of halogens is 3. The first-order chi connectivity index (χ1) is 9.49. The van der Waals surface area contributed by atoms with E-state index in [-0.39, 0.29) is 6.04 Å². The number of rotatable bonds is 4. The van der Waals surface area contributed by atoms with E-state index in [2.05, 4.69) is 28.2 Å². The molecule has 0 radical (unpaired) electrons. The highest BCUT2D eigenvalue weighted by atomic mass is 79.9. The van der Waals surface area contributed by atoms with Gasteiger partial charge in [0.25, 0.3) is 0 Å². The molecule has 0 aliphatic heterocycles. The van der Waals surface area contributed by atoms with E-state index in [9.17, 15) is 0 Å². The summed E-state index contributed by atoms with van der Waals surface area (Å²) in [6.07, 6.45) is 0. The van der Waals surface area contributed by atoms with Crippen molar-refractivity contribution in [2.75, 3.05) is 12.4 Å². The fourth-order valence-electron chi connectivity index (χ4n) is 1.88. The van der Waals surface area contributed by atoms with Crippen LogP contribution in [0.2, 0.25) is 10.0 Å². The molecule has 0 fully saturated rings. The molecule has 0 saturated carbocycles. The molecule has 0 spiro atoms. The number of hydrogen-bond acceptors (Lipinski definition) is 2. The van der Waals surface area contributed by atoms with E-state index in [4.69, 9.17) is 27.9 Å². The zero-order chi connectivity index (χ0) is 14.7. The number of nitrogens with one attached hydrogen (secondary N) is 1. The van der Waals surface area contributed by atoms with Gasteiger partial charge in [-0.05, 0) is 36.8 Å². The van der Waals surface area contributed by atoms with Gasteiger partial charge in [-0.25, -0.2) is 0 Å². The van der Waals surface area contributed by atoms with Crippen molar-refractivity contribution in [3.8, 4) is 5.75 Å². The zero-order valence-corrected chi connectivity index (χ0v) is 14.2. The Morgan fingerprint density at radius 1 is 1.10 bits per heavy atom. The topological polar surface area (TPSA) is 21.3 Å². The summed E-state index contributed by atoms with van der Waals surface area (Å²) in [4.78, 5) is 0. The molecule has 1 atom stereocenters. The number of methoxy groups -OCH3 is 1. The monoisotopic (exact) mass is 373 g/mol. The zero-order valence-electron chi connectivity index (χ0n) is 11.1. The molecule has 106 valence electrons. The van der Waals surface area contributed by atoms with E-state index in [1.54, 1.807) is 13.2 Å².